The smallest absolute Gasteiger partial charge is 0.124 e. The Bertz CT molecular complexity index is 357. The fourth-order valence-electron chi connectivity index (χ4n) is 2.30. The Kier molecular flexibility index (Phi) is 3.20. The van der Waals surface area contributed by atoms with Crippen LogP contribution in [0.15, 0.2) is 12.1 Å². The van der Waals surface area contributed by atoms with E-state index in [4.69, 9.17) is 4.74 Å². The Balaban J connectivity index is 2.20. The summed E-state index contributed by atoms with van der Waals surface area (Å²) in [6, 6.07) is 4.08. The number of ether oxygens (including phenoxy) is 1. The standard InChI is InChI=1S/C14H20O2/c1-9-6-12(7-10(2)14(9)16-3)13(15)8-11-4-5-11/h6-7,11,13,15H,4-5,8H2,1-3H3. The first-order chi connectivity index (χ1) is 7.61. The van der Waals surface area contributed by atoms with Crippen molar-refractivity contribution in [2.45, 2.75) is 39.2 Å². The van der Waals surface area contributed by atoms with Crippen LogP contribution in [0.3, 0.4) is 0 Å². The first-order valence-corrected chi connectivity index (χ1v) is 5.95. The molecule has 1 aliphatic carbocycles. The van der Waals surface area contributed by atoms with Gasteiger partial charge in [0.05, 0.1) is 13.2 Å². The van der Waals surface area contributed by atoms with Crippen LogP contribution in [0.4, 0.5) is 0 Å². The molecule has 0 saturated heterocycles. The highest BCUT2D eigenvalue weighted by Crippen LogP contribution is 2.38. The van der Waals surface area contributed by atoms with Crippen molar-refractivity contribution in [1.29, 1.82) is 0 Å². The van der Waals surface area contributed by atoms with Gasteiger partial charge in [0, 0.05) is 0 Å². The molecule has 88 valence electrons. The SMILES string of the molecule is COc1c(C)cc(C(O)CC2CC2)cc1C. The van der Waals surface area contributed by atoms with E-state index >= 15 is 0 Å². The molecular weight excluding hydrogens is 200 g/mol. The molecule has 0 amide bonds. The van der Waals surface area contributed by atoms with Gasteiger partial charge in [-0.1, -0.05) is 12.8 Å². The average molecular weight is 220 g/mol. The first-order valence-electron chi connectivity index (χ1n) is 5.95. The fourth-order valence-corrected chi connectivity index (χ4v) is 2.30. The highest BCUT2D eigenvalue weighted by molar-refractivity contribution is 5.43. The number of methoxy groups -OCH3 is 1. The number of aryl methyl sites for hydroxylation is 2. The quantitative estimate of drug-likeness (QED) is 0.844. The van der Waals surface area contributed by atoms with Gasteiger partial charge in [0.1, 0.15) is 5.75 Å². The molecular formula is C14H20O2. The molecule has 0 aromatic heterocycles. The molecule has 1 aliphatic rings. The van der Waals surface area contributed by atoms with Crippen LogP contribution >= 0.6 is 0 Å². The van der Waals surface area contributed by atoms with Gasteiger partial charge in [-0.15, -0.1) is 0 Å². The van der Waals surface area contributed by atoms with E-state index in [1.807, 2.05) is 26.0 Å². The zero-order valence-electron chi connectivity index (χ0n) is 10.3. The van der Waals surface area contributed by atoms with Crippen LogP contribution in [0, 0.1) is 19.8 Å². The zero-order chi connectivity index (χ0) is 11.7. The summed E-state index contributed by atoms with van der Waals surface area (Å²) in [5.74, 6) is 1.68. The molecule has 0 spiro atoms. The molecule has 16 heavy (non-hydrogen) atoms. The number of aliphatic hydroxyl groups excluding tert-OH is 1. The molecule has 1 unspecified atom stereocenters. The Morgan fingerprint density at radius 1 is 1.31 bits per heavy atom. The minimum Gasteiger partial charge on any atom is -0.496 e. The lowest BCUT2D eigenvalue weighted by molar-refractivity contribution is 0.160. The lowest BCUT2D eigenvalue weighted by Crippen LogP contribution is -2.01. The van der Waals surface area contributed by atoms with Crippen LogP contribution in [0.25, 0.3) is 0 Å². The monoisotopic (exact) mass is 220 g/mol. The molecule has 1 N–H and O–H groups in total. The second-order valence-corrected chi connectivity index (χ2v) is 4.88. The van der Waals surface area contributed by atoms with E-state index in [-0.39, 0.29) is 6.10 Å². The summed E-state index contributed by atoms with van der Waals surface area (Å²) in [5.41, 5.74) is 3.24. The van der Waals surface area contributed by atoms with E-state index in [9.17, 15) is 5.11 Å². The molecule has 1 atom stereocenters. The minimum absolute atomic E-state index is 0.309. The summed E-state index contributed by atoms with van der Waals surface area (Å²) >= 11 is 0. The van der Waals surface area contributed by atoms with Gasteiger partial charge in [0.15, 0.2) is 0 Å². The van der Waals surface area contributed by atoms with Gasteiger partial charge >= 0.3 is 0 Å². The molecule has 1 aromatic carbocycles. The van der Waals surface area contributed by atoms with Crippen molar-refractivity contribution in [3.63, 3.8) is 0 Å². The summed E-state index contributed by atoms with van der Waals surface area (Å²) < 4.78 is 5.32. The molecule has 1 fully saturated rings. The molecule has 1 saturated carbocycles. The maximum absolute atomic E-state index is 10.1. The lowest BCUT2D eigenvalue weighted by Gasteiger charge is -2.15. The number of hydrogen-bond acceptors (Lipinski definition) is 2. The lowest BCUT2D eigenvalue weighted by atomic mass is 9.99. The van der Waals surface area contributed by atoms with Gasteiger partial charge < -0.3 is 9.84 Å². The van der Waals surface area contributed by atoms with E-state index in [0.717, 1.165) is 34.8 Å². The van der Waals surface area contributed by atoms with E-state index in [1.54, 1.807) is 7.11 Å². The molecule has 0 aliphatic heterocycles. The average Bonchev–Trinajstić information content (AvgIpc) is 3.01. The Morgan fingerprint density at radius 3 is 2.31 bits per heavy atom. The van der Waals surface area contributed by atoms with Crippen molar-refractivity contribution in [2.24, 2.45) is 5.92 Å². The summed E-state index contributed by atoms with van der Waals surface area (Å²) in [4.78, 5) is 0. The fraction of sp³-hybridized carbons (Fsp3) is 0.571. The van der Waals surface area contributed by atoms with Gasteiger partial charge in [-0.3, -0.25) is 0 Å². The molecule has 2 rings (SSSR count). The maximum Gasteiger partial charge on any atom is 0.124 e. The van der Waals surface area contributed by atoms with Crippen LogP contribution in [0.2, 0.25) is 0 Å². The Hall–Kier alpha value is -1.02. The normalized spacial score (nSPS) is 17.2. The molecule has 2 heteroatoms. The first kappa shape index (κ1) is 11.5. The van der Waals surface area contributed by atoms with E-state index in [2.05, 4.69) is 0 Å². The van der Waals surface area contributed by atoms with Crippen LogP contribution < -0.4 is 4.74 Å². The molecule has 0 bridgehead atoms. The largest absolute Gasteiger partial charge is 0.496 e. The number of benzene rings is 1. The van der Waals surface area contributed by atoms with E-state index < -0.39 is 0 Å². The van der Waals surface area contributed by atoms with Gasteiger partial charge in [-0.05, 0) is 55.0 Å². The van der Waals surface area contributed by atoms with Crippen molar-refractivity contribution >= 4 is 0 Å². The molecule has 2 nitrogen and oxygen atoms in total. The van der Waals surface area contributed by atoms with Crippen LogP contribution in [-0.4, -0.2) is 12.2 Å². The van der Waals surface area contributed by atoms with Gasteiger partial charge in [0.25, 0.3) is 0 Å². The van der Waals surface area contributed by atoms with Crippen molar-refractivity contribution in [1.82, 2.24) is 0 Å². The minimum atomic E-state index is -0.309. The van der Waals surface area contributed by atoms with Crippen molar-refractivity contribution in [3.8, 4) is 5.75 Å². The number of rotatable bonds is 4. The van der Waals surface area contributed by atoms with Crippen LogP contribution in [0.5, 0.6) is 5.75 Å². The molecule has 0 radical (unpaired) electrons. The van der Waals surface area contributed by atoms with Crippen LogP contribution in [-0.2, 0) is 0 Å². The van der Waals surface area contributed by atoms with Gasteiger partial charge in [-0.25, -0.2) is 0 Å². The third-order valence-electron chi connectivity index (χ3n) is 3.33. The maximum atomic E-state index is 10.1. The third-order valence-corrected chi connectivity index (χ3v) is 3.33. The van der Waals surface area contributed by atoms with Crippen molar-refractivity contribution in [3.05, 3.63) is 28.8 Å². The highest BCUT2D eigenvalue weighted by atomic mass is 16.5. The summed E-state index contributed by atoms with van der Waals surface area (Å²) in [6.45, 7) is 4.05. The number of aliphatic hydroxyl groups is 1. The Morgan fingerprint density at radius 2 is 1.88 bits per heavy atom. The van der Waals surface area contributed by atoms with Crippen molar-refractivity contribution < 1.29 is 9.84 Å². The molecule has 0 heterocycles. The second-order valence-electron chi connectivity index (χ2n) is 4.88. The van der Waals surface area contributed by atoms with E-state index in [1.165, 1.54) is 12.8 Å². The second kappa shape index (κ2) is 4.46. The topological polar surface area (TPSA) is 29.5 Å². The predicted molar refractivity (Wildman–Crippen MR) is 64.8 cm³/mol. The van der Waals surface area contributed by atoms with Crippen LogP contribution in [0.1, 0.15) is 42.1 Å². The van der Waals surface area contributed by atoms with E-state index in [0.29, 0.717) is 0 Å². The van der Waals surface area contributed by atoms with Crippen molar-refractivity contribution in [2.75, 3.05) is 7.11 Å². The van der Waals surface area contributed by atoms with Gasteiger partial charge in [-0.2, -0.15) is 0 Å². The summed E-state index contributed by atoms with van der Waals surface area (Å²) in [5, 5.41) is 10.1. The summed E-state index contributed by atoms with van der Waals surface area (Å²) in [7, 11) is 1.69. The Labute approximate surface area is 97.3 Å². The zero-order valence-corrected chi connectivity index (χ0v) is 10.3. The third kappa shape index (κ3) is 2.38. The number of hydrogen-bond donors (Lipinski definition) is 1. The predicted octanol–water partition coefficient (Wildman–Crippen LogP) is 3.15. The highest BCUT2D eigenvalue weighted by Gasteiger charge is 2.25. The van der Waals surface area contributed by atoms with Gasteiger partial charge in [0.2, 0.25) is 0 Å². The molecule has 1 aromatic rings. The summed E-state index contributed by atoms with van der Waals surface area (Å²) in [6.07, 6.45) is 3.16.